The standard InChI is InChI=1S/C22H16N2O5S/c1-2-28-22(25)15-5-3-14(4-6-15)19-10-8-17(29-19)9-12-21-23-18-13-16(24(26)27)7-11-20(18)30-21/h3-13H,2H2,1H3/b12-9+. The molecule has 0 aliphatic carbocycles. The molecule has 0 bridgehead atoms. The molecule has 0 aliphatic rings. The lowest BCUT2D eigenvalue weighted by atomic mass is 10.1. The molecule has 0 atom stereocenters. The third kappa shape index (κ3) is 4.13. The number of hydrogen-bond donors (Lipinski definition) is 0. The van der Waals surface area contributed by atoms with Crippen LogP contribution in [0, 0.1) is 10.1 Å². The molecular weight excluding hydrogens is 404 g/mol. The summed E-state index contributed by atoms with van der Waals surface area (Å²) in [6.45, 7) is 2.10. The molecule has 0 N–H and O–H groups in total. The minimum Gasteiger partial charge on any atom is -0.462 e. The Bertz CT molecular complexity index is 1250. The van der Waals surface area contributed by atoms with E-state index in [1.54, 1.807) is 43.3 Å². The molecule has 150 valence electrons. The first-order valence-electron chi connectivity index (χ1n) is 9.14. The van der Waals surface area contributed by atoms with Gasteiger partial charge >= 0.3 is 5.97 Å². The number of aromatic nitrogens is 1. The van der Waals surface area contributed by atoms with Crippen LogP contribution in [-0.4, -0.2) is 22.5 Å². The first-order chi connectivity index (χ1) is 14.5. The number of nitro benzene ring substituents is 1. The van der Waals surface area contributed by atoms with Crippen molar-refractivity contribution in [3.05, 3.63) is 81.0 Å². The maximum absolute atomic E-state index is 11.7. The molecule has 0 fully saturated rings. The highest BCUT2D eigenvalue weighted by Crippen LogP contribution is 2.28. The molecule has 7 nitrogen and oxygen atoms in total. The van der Waals surface area contributed by atoms with Gasteiger partial charge in [-0.3, -0.25) is 10.1 Å². The second kappa shape index (κ2) is 8.30. The van der Waals surface area contributed by atoms with Crippen molar-refractivity contribution in [2.75, 3.05) is 6.61 Å². The van der Waals surface area contributed by atoms with Gasteiger partial charge in [-0.2, -0.15) is 0 Å². The van der Waals surface area contributed by atoms with Crippen LogP contribution in [0.3, 0.4) is 0 Å². The number of nitrogens with zero attached hydrogens (tertiary/aromatic N) is 2. The number of rotatable bonds is 6. The Kier molecular flexibility index (Phi) is 5.40. The van der Waals surface area contributed by atoms with Crippen LogP contribution in [0.2, 0.25) is 0 Å². The SMILES string of the molecule is CCOC(=O)c1ccc(-c2ccc(/C=C/c3nc4cc([N+](=O)[O-])ccc4s3)o2)cc1. The Morgan fingerprint density at radius 1 is 1.17 bits per heavy atom. The Labute approximate surface area is 175 Å². The molecule has 0 saturated carbocycles. The van der Waals surface area contributed by atoms with Crippen LogP contribution >= 0.6 is 11.3 Å². The van der Waals surface area contributed by atoms with Crippen LogP contribution in [0.25, 0.3) is 33.7 Å². The zero-order valence-corrected chi connectivity index (χ0v) is 16.7. The predicted octanol–water partition coefficient (Wildman–Crippen LogP) is 5.81. The second-order valence-corrected chi connectivity index (χ2v) is 7.36. The van der Waals surface area contributed by atoms with Crippen LogP contribution in [0.5, 0.6) is 0 Å². The fourth-order valence-corrected chi connectivity index (χ4v) is 3.71. The summed E-state index contributed by atoms with van der Waals surface area (Å²) < 4.78 is 11.7. The highest BCUT2D eigenvalue weighted by molar-refractivity contribution is 7.19. The first-order valence-corrected chi connectivity index (χ1v) is 9.95. The first kappa shape index (κ1) is 19.5. The van der Waals surface area contributed by atoms with Gasteiger partial charge in [0.2, 0.25) is 0 Å². The zero-order valence-electron chi connectivity index (χ0n) is 15.9. The van der Waals surface area contributed by atoms with E-state index < -0.39 is 4.92 Å². The van der Waals surface area contributed by atoms with E-state index >= 15 is 0 Å². The Balaban J connectivity index is 1.50. The fourth-order valence-electron chi connectivity index (χ4n) is 2.85. The average molecular weight is 420 g/mol. The smallest absolute Gasteiger partial charge is 0.338 e. The average Bonchev–Trinajstić information content (AvgIpc) is 3.38. The van der Waals surface area contributed by atoms with Crippen molar-refractivity contribution in [3.63, 3.8) is 0 Å². The summed E-state index contributed by atoms with van der Waals surface area (Å²) in [5.41, 5.74) is 1.95. The van der Waals surface area contributed by atoms with Crippen LogP contribution in [0.4, 0.5) is 5.69 Å². The van der Waals surface area contributed by atoms with Crippen LogP contribution in [0.15, 0.2) is 59.0 Å². The van der Waals surface area contributed by atoms with Gasteiger partial charge in [0.25, 0.3) is 5.69 Å². The molecule has 8 heteroatoms. The van der Waals surface area contributed by atoms with Crippen LogP contribution in [0.1, 0.15) is 28.0 Å². The van der Waals surface area contributed by atoms with Crippen molar-refractivity contribution < 1.29 is 18.9 Å². The van der Waals surface area contributed by atoms with Gasteiger partial charge < -0.3 is 9.15 Å². The number of carbonyl (C=O) groups is 1. The molecule has 2 aromatic carbocycles. The molecule has 2 heterocycles. The zero-order chi connectivity index (χ0) is 21.1. The van der Waals surface area contributed by atoms with E-state index in [-0.39, 0.29) is 11.7 Å². The summed E-state index contributed by atoms with van der Waals surface area (Å²) in [6, 6.07) is 15.3. The highest BCUT2D eigenvalue weighted by Gasteiger charge is 2.10. The molecule has 2 aromatic heterocycles. The summed E-state index contributed by atoms with van der Waals surface area (Å²) in [6.07, 6.45) is 3.60. The molecule has 0 saturated heterocycles. The number of esters is 1. The van der Waals surface area contributed by atoms with Crippen molar-refractivity contribution in [1.29, 1.82) is 0 Å². The van der Waals surface area contributed by atoms with E-state index in [2.05, 4.69) is 4.98 Å². The van der Waals surface area contributed by atoms with E-state index in [4.69, 9.17) is 9.15 Å². The van der Waals surface area contributed by atoms with Gasteiger partial charge in [0.15, 0.2) is 0 Å². The molecule has 4 rings (SSSR count). The van der Waals surface area contributed by atoms with Crippen LogP contribution < -0.4 is 0 Å². The Morgan fingerprint density at radius 3 is 2.70 bits per heavy atom. The molecule has 30 heavy (non-hydrogen) atoms. The number of hydrogen-bond acceptors (Lipinski definition) is 7. The number of carbonyl (C=O) groups excluding carboxylic acids is 1. The number of furan rings is 1. The summed E-state index contributed by atoms with van der Waals surface area (Å²) in [7, 11) is 0. The van der Waals surface area contributed by atoms with E-state index in [1.807, 2.05) is 18.2 Å². The lowest BCUT2D eigenvalue weighted by Gasteiger charge is -2.02. The summed E-state index contributed by atoms with van der Waals surface area (Å²) in [5.74, 6) is 0.961. The molecule has 0 spiro atoms. The lowest BCUT2D eigenvalue weighted by Crippen LogP contribution is -2.03. The quantitative estimate of drug-likeness (QED) is 0.222. The monoisotopic (exact) mass is 420 g/mol. The molecule has 0 radical (unpaired) electrons. The van der Waals surface area contributed by atoms with Gasteiger partial charge in [-0.1, -0.05) is 12.1 Å². The van der Waals surface area contributed by atoms with Gasteiger partial charge in [-0.25, -0.2) is 9.78 Å². The minimum atomic E-state index is -0.433. The largest absolute Gasteiger partial charge is 0.462 e. The molecule has 0 aliphatic heterocycles. The predicted molar refractivity (Wildman–Crippen MR) is 115 cm³/mol. The number of thiazole rings is 1. The number of non-ortho nitro benzene ring substituents is 1. The summed E-state index contributed by atoms with van der Waals surface area (Å²) >= 11 is 1.44. The van der Waals surface area contributed by atoms with Crippen molar-refractivity contribution in [2.24, 2.45) is 0 Å². The molecular formula is C22H16N2O5S. The van der Waals surface area contributed by atoms with Crippen molar-refractivity contribution >= 4 is 45.4 Å². The minimum absolute atomic E-state index is 0.0213. The van der Waals surface area contributed by atoms with Gasteiger partial charge in [0, 0.05) is 17.7 Å². The van der Waals surface area contributed by atoms with Gasteiger partial charge in [0.1, 0.15) is 16.5 Å². The summed E-state index contributed by atoms with van der Waals surface area (Å²) in [4.78, 5) is 26.6. The maximum atomic E-state index is 11.7. The number of ether oxygens (including phenoxy) is 1. The maximum Gasteiger partial charge on any atom is 0.338 e. The van der Waals surface area contributed by atoms with E-state index in [9.17, 15) is 14.9 Å². The van der Waals surface area contributed by atoms with Crippen molar-refractivity contribution in [3.8, 4) is 11.3 Å². The molecule has 0 unspecified atom stereocenters. The molecule has 0 amide bonds. The number of nitro groups is 1. The lowest BCUT2D eigenvalue weighted by molar-refractivity contribution is -0.384. The van der Waals surface area contributed by atoms with Crippen molar-refractivity contribution in [1.82, 2.24) is 4.98 Å². The van der Waals surface area contributed by atoms with Crippen molar-refractivity contribution in [2.45, 2.75) is 6.92 Å². The topological polar surface area (TPSA) is 95.5 Å². The van der Waals surface area contributed by atoms with E-state index in [1.165, 1.54) is 23.5 Å². The van der Waals surface area contributed by atoms with Gasteiger partial charge in [0.05, 0.1) is 27.3 Å². The Hall–Kier alpha value is -3.78. The van der Waals surface area contributed by atoms with Gasteiger partial charge in [-0.05, 0) is 49.4 Å². The fraction of sp³-hybridized carbons (Fsp3) is 0.0909. The third-order valence-corrected chi connectivity index (χ3v) is 5.30. The third-order valence-electron chi connectivity index (χ3n) is 4.30. The number of benzene rings is 2. The van der Waals surface area contributed by atoms with Crippen LogP contribution in [-0.2, 0) is 4.74 Å². The highest BCUT2D eigenvalue weighted by atomic mass is 32.1. The molecule has 4 aromatic rings. The van der Waals surface area contributed by atoms with E-state index in [0.717, 1.165) is 15.3 Å². The summed E-state index contributed by atoms with van der Waals surface area (Å²) in [5, 5.41) is 11.6. The normalized spacial score (nSPS) is 11.2. The van der Waals surface area contributed by atoms with Gasteiger partial charge in [-0.15, -0.1) is 11.3 Å². The number of fused-ring (bicyclic) bond motifs is 1. The Morgan fingerprint density at radius 2 is 1.97 bits per heavy atom. The van der Waals surface area contributed by atoms with E-state index in [0.29, 0.717) is 29.2 Å². The second-order valence-electron chi connectivity index (χ2n) is 6.29.